The van der Waals surface area contributed by atoms with Crippen LogP contribution in [0.2, 0.25) is 0 Å². The molecule has 25 heavy (non-hydrogen) atoms. The highest BCUT2D eigenvalue weighted by Gasteiger charge is 2.36. The van der Waals surface area contributed by atoms with Crippen molar-refractivity contribution in [3.8, 4) is 17.3 Å². The van der Waals surface area contributed by atoms with Crippen LogP contribution in [0.1, 0.15) is 21.8 Å². The van der Waals surface area contributed by atoms with Crippen molar-refractivity contribution in [2.75, 3.05) is 27.2 Å². The Morgan fingerprint density at radius 3 is 2.80 bits per heavy atom. The zero-order valence-electron chi connectivity index (χ0n) is 14.6. The molecule has 1 N–H and O–H groups in total. The van der Waals surface area contributed by atoms with Crippen LogP contribution in [0.25, 0.3) is 11.1 Å². The van der Waals surface area contributed by atoms with Crippen molar-refractivity contribution in [2.24, 2.45) is 7.05 Å². The van der Waals surface area contributed by atoms with E-state index in [1.807, 2.05) is 31.4 Å². The molecule has 2 atom stereocenters. The summed E-state index contributed by atoms with van der Waals surface area (Å²) in [4.78, 5) is 14.0. The standard InChI is InChI=1S/C18H21N5O2/c1-20-18(24)14-5-4-12(13-7-21-22(2)8-13)6-15(14)16-9-23(11-19)10-17(16)25-3/h4-8,16-17H,9-10H2,1-3H3,(H,20,24). The number of carbonyl (C=O) groups excluding carboxylic acids is 1. The molecule has 0 radical (unpaired) electrons. The number of likely N-dealkylation sites (tertiary alicyclic amines) is 1. The van der Waals surface area contributed by atoms with Crippen LogP contribution in [0.3, 0.4) is 0 Å². The van der Waals surface area contributed by atoms with E-state index in [9.17, 15) is 10.1 Å². The Morgan fingerprint density at radius 2 is 2.20 bits per heavy atom. The normalized spacial score (nSPS) is 19.7. The zero-order valence-corrected chi connectivity index (χ0v) is 14.6. The summed E-state index contributed by atoms with van der Waals surface area (Å²) in [5, 5.41) is 16.1. The molecule has 0 saturated carbocycles. The molecule has 130 valence electrons. The molecule has 1 fully saturated rings. The van der Waals surface area contributed by atoms with Gasteiger partial charge in [0.1, 0.15) is 0 Å². The van der Waals surface area contributed by atoms with E-state index < -0.39 is 0 Å². The van der Waals surface area contributed by atoms with Crippen molar-refractivity contribution in [1.82, 2.24) is 20.0 Å². The minimum absolute atomic E-state index is 0.0476. The number of aryl methyl sites for hydroxylation is 1. The second kappa shape index (κ2) is 6.95. The molecule has 1 saturated heterocycles. The molecule has 2 aromatic rings. The largest absolute Gasteiger partial charge is 0.379 e. The summed E-state index contributed by atoms with van der Waals surface area (Å²) in [6.45, 7) is 1.07. The van der Waals surface area contributed by atoms with E-state index >= 15 is 0 Å². The van der Waals surface area contributed by atoms with Crippen LogP contribution in [0, 0.1) is 11.5 Å². The van der Waals surface area contributed by atoms with Crippen molar-refractivity contribution in [2.45, 2.75) is 12.0 Å². The quantitative estimate of drug-likeness (QED) is 0.850. The third-order valence-corrected chi connectivity index (χ3v) is 4.67. The number of ether oxygens (including phenoxy) is 1. The van der Waals surface area contributed by atoms with E-state index in [1.165, 1.54) is 0 Å². The molecule has 1 aliphatic rings. The molecule has 7 heteroatoms. The number of nitrogens with one attached hydrogen (secondary N) is 1. The number of aromatic nitrogens is 2. The average molecular weight is 339 g/mol. The molecule has 1 aliphatic heterocycles. The van der Waals surface area contributed by atoms with Crippen LogP contribution >= 0.6 is 0 Å². The first kappa shape index (κ1) is 17.0. The summed E-state index contributed by atoms with van der Waals surface area (Å²) < 4.78 is 7.33. The summed E-state index contributed by atoms with van der Waals surface area (Å²) >= 11 is 0. The predicted octanol–water partition coefficient (Wildman–Crippen LogP) is 1.34. The van der Waals surface area contributed by atoms with Gasteiger partial charge in [-0.15, -0.1) is 0 Å². The first-order chi connectivity index (χ1) is 12.1. The molecular formula is C18H21N5O2. The Hall–Kier alpha value is -2.85. The first-order valence-electron chi connectivity index (χ1n) is 8.10. The van der Waals surface area contributed by atoms with Crippen LogP contribution in [0.15, 0.2) is 30.6 Å². The van der Waals surface area contributed by atoms with Gasteiger partial charge in [0.15, 0.2) is 6.19 Å². The average Bonchev–Trinajstić information content (AvgIpc) is 3.26. The van der Waals surface area contributed by atoms with E-state index in [4.69, 9.17) is 4.74 Å². The van der Waals surface area contributed by atoms with Crippen molar-refractivity contribution in [3.63, 3.8) is 0 Å². The highest BCUT2D eigenvalue weighted by atomic mass is 16.5. The highest BCUT2D eigenvalue weighted by Crippen LogP contribution is 2.34. The van der Waals surface area contributed by atoms with Gasteiger partial charge in [0, 0.05) is 51.0 Å². The van der Waals surface area contributed by atoms with Crippen molar-refractivity contribution in [3.05, 3.63) is 41.7 Å². The Labute approximate surface area is 146 Å². The zero-order chi connectivity index (χ0) is 18.0. The summed E-state index contributed by atoms with van der Waals surface area (Å²) in [6.07, 6.45) is 5.78. The molecule has 7 nitrogen and oxygen atoms in total. The van der Waals surface area contributed by atoms with Crippen molar-refractivity contribution in [1.29, 1.82) is 5.26 Å². The molecule has 0 bridgehead atoms. The molecule has 3 rings (SSSR count). The maximum absolute atomic E-state index is 12.3. The Morgan fingerprint density at radius 1 is 1.40 bits per heavy atom. The van der Waals surface area contributed by atoms with Gasteiger partial charge in [-0.25, -0.2) is 0 Å². The number of rotatable bonds is 4. The predicted molar refractivity (Wildman–Crippen MR) is 92.8 cm³/mol. The van der Waals surface area contributed by atoms with Crippen LogP contribution in [0.5, 0.6) is 0 Å². The van der Waals surface area contributed by atoms with E-state index in [1.54, 1.807) is 29.9 Å². The summed E-state index contributed by atoms with van der Waals surface area (Å²) in [6, 6.07) is 5.77. The van der Waals surface area contributed by atoms with Crippen LogP contribution in [0.4, 0.5) is 0 Å². The lowest BCUT2D eigenvalue weighted by Crippen LogP contribution is -2.25. The molecule has 2 unspecified atom stereocenters. The van der Waals surface area contributed by atoms with E-state index in [2.05, 4.69) is 16.6 Å². The highest BCUT2D eigenvalue weighted by molar-refractivity contribution is 5.96. The molecule has 0 aliphatic carbocycles. The lowest BCUT2D eigenvalue weighted by atomic mass is 9.89. The molecule has 1 aromatic heterocycles. The summed E-state index contributed by atoms with van der Waals surface area (Å²) in [5.41, 5.74) is 3.48. The molecule has 1 aromatic carbocycles. The van der Waals surface area contributed by atoms with Gasteiger partial charge < -0.3 is 15.0 Å². The topological polar surface area (TPSA) is 83.2 Å². The summed E-state index contributed by atoms with van der Waals surface area (Å²) in [5.74, 6) is -0.188. The number of hydrogen-bond donors (Lipinski definition) is 1. The maximum atomic E-state index is 12.3. The summed E-state index contributed by atoms with van der Waals surface area (Å²) in [7, 11) is 5.13. The van der Waals surface area contributed by atoms with Gasteiger partial charge >= 0.3 is 0 Å². The SMILES string of the molecule is CNC(=O)c1ccc(-c2cnn(C)c2)cc1C1CN(C#N)CC1OC. The minimum atomic E-state index is -0.141. The van der Waals surface area contributed by atoms with Gasteiger partial charge in [-0.1, -0.05) is 6.07 Å². The van der Waals surface area contributed by atoms with Gasteiger partial charge in [-0.05, 0) is 23.3 Å². The van der Waals surface area contributed by atoms with E-state index in [0.29, 0.717) is 18.7 Å². The maximum Gasteiger partial charge on any atom is 0.251 e. The number of amides is 1. The Balaban J connectivity index is 2.08. The van der Waals surface area contributed by atoms with Crippen molar-refractivity contribution >= 4 is 5.91 Å². The molecule has 2 heterocycles. The fourth-order valence-electron chi connectivity index (χ4n) is 3.35. The van der Waals surface area contributed by atoms with Gasteiger partial charge in [0.05, 0.1) is 18.8 Å². The van der Waals surface area contributed by atoms with Gasteiger partial charge in [-0.3, -0.25) is 9.48 Å². The monoisotopic (exact) mass is 339 g/mol. The van der Waals surface area contributed by atoms with Crippen molar-refractivity contribution < 1.29 is 9.53 Å². The third kappa shape index (κ3) is 3.21. The third-order valence-electron chi connectivity index (χ3n) is 4.67. The fourth-order valence-corrected chi connectivity index (χ4v) is 3.35. The Bertz CT molecular complexity index is 823. The van der Waals surface area contributed by atoms with E-state index in [-0.39, 0.29) is 17.9 Å². The Kier molecular flexibility index (Phi) is 4.72. The second-order valence-corrected chi connectivity index (χ2v) is 6.17. The minimum Gasteiger partial charge on any atom is -0.379 e. The number of nitriles is 1. The number of hydrogen-bond acceptors (Lipinski definition) is 5. The van der Waals surface area contributed by atoms with Gasteiger partial charge in [0.2, 0.25) is 0 Å². The molecule has 0 spiro atoms. The number of nitrogens with zero attached hydrogens (tertiary/aromatic N) is 4. The van der Waals surface area contributed by atoms with Crippen LogP contribution in [-0.2, 0) is 11.8 Å². The number of carbonyl (C=O) groups is 1. The van der Waals surface area contributed by atoms with Gasteiger partial charge in [-0.2, -0.15) is 10.4 Å². The second-order valence-electron chi connectivity index (χ2n) is 6.17. The fraction of sp³-hybridized carbons (Fsp3) is 0.389. The number of methoxy groups -OCH3 is 1. The van der Waals surface area contributed by atoms with E-state index in [0.717, 1.165) is 16.7 Å². The lowest BCUT2D eigenvalue weighted by molar-refractivity contribution is 0.0945. The molecular weight excluding hydrogens is 318 g/mol. The van der Waals surface area contributed by atoms with Gasteiger partial charge in [0.25, 0.3) is 5.91 Å². The van der Waals surface area contributed by atoms with Crippen LogP contribution < -0.4 is 5.32 Å². The number of benzene rings is 1. The van der Waals surface area contributed by atoms with Crippen LogP contribution in [-0.4, -0.2) is 53.9 Å². The smallest absolute Gasteiger partial charge is 0.251 e. The lowest BCUT2D eigenvalue weighted by Gasteiger charge is -2.20. The molecule has 1 amide bonds. The first-order valence-corrected chi connectivity index (χ1v) is 8.10.